The highest BCUT2D eigenvalue weighted by molar-refractivity contribution is 5.80. The molecule has 0 aromatic rings. The van der Waals surface area contributed by atoms with E-state index in [0.29, 0.717) is 12.1 Å². The first-order valence-electron chi connectivity index (χ1n) is 8.23. The molecule has 122 valence electrons. The molecule has 0 radical (unpaired) electrons. The molecule has 1 saturated carbocycles. The van der Waals surface area contributed by atoms with Crippen LogP contribution in [0.4, 0.5) is 0 Å². The van der Waals surface area contributed by atoms with E-state index in [9.17, 15) is 4.79 Å². The van der Waals surface area contributed by atoms with Crippen LogP contribution in [-0.4, -0.2) is 61.9 Å². The molecule has 2 atom stereocenters. The molecular formula is C16H30N2O3. The summed E-state index contributed by atoms with van der Waals surface area (Å²) in [5, 5.41) is 3.46. The maximum Gasteiger partial charge on any atom is 0.325 e. The van der Waals surface area contributed by atoms with Gasteiger partial charge in [-0.2, -0.15) is 0 Å². The quantitative estimate of drug-likeness (QED) is 0.544. The van der Waals surface area contributed by atoms with E-state index in [1.807, 2.05) is 6.92 Å². The topological polar surface area (TPSA) is 50.8 Å². The highest BCUT2D eigenvalue weighted by atomic mass is 16.5. The summed E-state index contributed by atoms with van der Waals surface area (Å²) >= 11 is 0. The number of carbonyl (C=O) groups excluding carboxylic acids is 1. The Morgan fingerprint density at radius 1 is 1.43 bits per heavy atom. The van der Waals surface area contributed by atoms with Gasteiger partial charge < -0.3 is 9.47 Å². The zero-order valence-corrected chi connectivity index (χ0v) is 13.7. The molecule has 0 spiro atoms. The van der Waals surface area contributed by atoms with Gasteiger partial charge in [0.2, 0.25) is 0 Å². The molecule has 1 N–H and O–H groups in total. The van der Waals surface area contributed by atoms with Gasteiger partial charge in [-0.15, -0.1) is 0 Å². The second kappa shape index (κ2) is 7.56. The van der Waals surface area contributed by atoms with Gasteiger partial charge in [-0.3, -0.25) is 15.0 Å². The van der Waals surface area contributed by atoms with Gasteiger partial charge >= 0.3 is 5.97 Å². The summed E-state index contributed by atoms with van der Waals surface area (Å²) in [5.41, 5.74) is -0.520. The number of hydrogen-bond acceptors (Lipinski definition) is 5. The second-order valence-electron chi connectivity index (χ2n) is 6.68. The monoisotopic (exact) mass is 298 g/mol. The van der Waals surface area contributed by atoms with E-state index < -0.39 is 5.54 Å². The van der Waals surface area contributed by atoms with Gasteiger partial charge in [0, 0.05) is 19.1 Å². The van der Waals surface area contributed by atoms with Gasteiger partial charge in [0.15, 0.2) is 0 Å². The van der Waals surface area contributed by atoms with Gasteiger partial charge in [0.25, 0.3) is 0 Å². The summed E-state index contributed by atoms with van der Waals surface area (Å²) in [5.74, 6) is -0.130. The van der Waals surface area contributed by atoms with E-state index in [4.69, 9.17) is 9.47 Å². The number of unbranched alkanes of at least 4 members (excludes halogenated alkanes) is 1. The van der Waals surface area contributed by atoms with Crippen LogP contribution in [-0.2, 0) is 14.3 Å². The van der Waals surface area contributed by atoms with E-state index >= 15 is 0 Å². The summed E-state index contributed by atoms with van der Waals surface area (Å²) in [6.07, 6.45) is 5.70. The Hall–Kier alpha value is -0.650. The Bertz CT molecular complexity index is 346. The zero-order valence-electron chi connectivity index (χ0n) is 13.7. The average Bonchev–Trinajstić information content (AvgIpc) is 3.26. The van der Waals surface area contributed by atoms with Crippen molar-refractivity contribution >= 4 is 5.97 Å². The molecule has 21 heavy (non-hydrogen) atoms. The number of hydrogen-bond donors (Lipinski definition) is 1. The second-order valence-corrected chi connectivity index (χ2v) is 6.68. The van der Waals surface area contributed by atoms with Crippen molar-refractivity contribution < 1.29 is 14.3 Å². The lowest BCUT2D eigenvalue weighted by Gasteiger charge is -2.32. The number of methoxy groups -OCH3 is 1. The summed E-state index contributed by atoms with van der Waals surface area (Å²) in [7, 11) is 1.48. The Kier molecular flexibility index (Phi) is 6.02. The van der Waals surface area contributed by atoms with Crippen LogP contribution in [0.25, 0.3) is 0 Å². The molecule has 0 aromatic carbocycles. The third kappa shape index (κ3) is 5.24. The lowest BCUT2D eigenvalue weighted by atomic mass is 9.94. The molecule has 0 aromatic heterocycles. The fourth-order valence-corrected chi connectivity index (χ4v) is 3.04. The standard InChI is InChI=1S/C16H30N2O3/c1-13-12-18(10-11-21-13)9-5-4-8-16(2,15(19)20-3)17-14-6-7-14/h13-14,17H,4-12H2,1-3H3. The van der Waals surface area contributed by atoms with Crippen LogP contribution in [0.5, 0.6) is 0 Å². The van der Waals surface area contributed by atoms with Crippen molar-refractivity contribution in [3.8, 4) is 0 Å². The van der Waals surface area contributed by atoms with Crippen LogP contribution in [0.3, 0.4) is 0 Å². The van der Waals surface area contributed by atoms with Crippen molar-refractivity contribution in [2.45, 2.75) is 63.6 Å². The number of nitrogens with zero attached hydrogens (tertiary/aromatic N) is 1. The third-order valence-corrected chi connectivity index (χ3v) is 4.46. The first kappa shape index (κ1) is 16.7. The normalized spacial score (nSPS) is 26.3. The van der Waals surface area contributed by atoms with Gasteiger partial charge in [-0.05, 0) is 52.5 Å². The third-order valence-electron chi connectivity index (χ3n) is 4.46. The molecule has 0 bridgehead atoms. The minimum atomic E-state index is -0.520. The number of morpholine rings is 1. The Morgan fingerprint density at radius 3 is 2.81 bits per heavy atom. The van der Waals surface area contributed by atoms with Crippen LogP contribution >= 0.6 is 0 Å². The molecule has 5 nitrogen and oxygen atoms in total. The molecular weight excluding hydrogens is 268 g/mol. The Morgan fingerprint density at radius 2 is 2.19 bits per heavy atom. The van der Waals surface area contributed by atoms with Crippen molar-refractivity contribution in [1.29, 1.82) is 0 Å². The molecule has 2 unspecified atom stereocenters. The van der Waals surface area contributed by atoms with E-state index in [1.165, 1.54) is 20.0 Å². The molecule has 1 heterocycles. The molecule has 1 aliphatic heterocycles. The van der Waals surface area contributed by atoms with Gasteiger partial charge in [0.05, 0.1) is 19.8 Å². The highest BCUT2D eigenvalue weighted by Crippen LogP contribution is 2.26. The Labute approximate surface area is 128 Å². The maximum absolute atomic E-state index is 12.0. The van der Waals surface area contributed by atoms with Crippen LogP contribution in [0, 0.1) is 0 Å². The van der Waals surface area contributed by atoms with Gasteiger partial charge in [-0.1, -0.05) is 0 Å². The fraction of sp³-hybridized carbons (Fsp3) is 0.938. The van der Waals surface area contributed by atoms with E-state index in [-0.39, 0.29) is 5.97 Å². The van der Waals surface area contributed by atoms with Crippen molar-refractivity contribution in [1.82, 2.24) is 10.2 Å². The number of nitrogens with one attached hydrogen (secondary N) is 1. The lowest BCUT2D eigenvalue weighted by molar-refractivity contribution is -0.148. The molecule has 1 saturated heterocycles. The Balaban J connectivity index is 1.70. The summed E-state index contributed by atoms with van der Waals surface area (Å²) in [6, 6.07) is 0.509. The zero-order chi connectivity index (χ0) is 15.3. The maximum atomic E-state index is 12.0. The smallest absolute Gasteiger partial charge is 0.325 e. The number of carbonyl (C=O) groups is 1. The molecule has 1 aliphatic carbocycles. The van der Waals surface area contributed by atoms with Crippen LogP contribution < -0.4 is 5.32 Å². The average molecular weight is 298 g/mol. The van der Waals surface area contributed by atoms with Crippen molar-refractivity contribution in [3.05, 3.63) is 0 Å². The fourth-order valence-electron chi connectivity index (χ4n) is 3.04. The predicted octanol–water partition coefficient (Wildman–Crippen LogP) is 1.56. The molecule has 2 rings (SSSR count). The number of esters is 1. The van der Waals surface area contributed by atoms with Crippen LogP contribution in [0.2, 0.25) is 0 Å². The SMILES string of the molecule is COC(=O)C(C)(CCCCN1CCOC(C)C1)NC1CC1. The predicted molar refractivity (Wildman–Crippen MR) is 82.3 cm³/mol. The van der Waals surface area contributed by atoms with Crippen LogP contribution in [0.1, 0.15) is 46.0 Å². The lowest BCUT2D eigenvalue weighted by Crippen LogP contribution is -2.51. The van der Waals surface area contributed by atoms with E-state index in [1.54, 1.807) is 0 Å². The van der Waals surface area contributed by atoms with Crippen molar-refractivity contribution in [2.24, 2.45) is 0 Å². The van der Waals surface area contributed by atoms with Crippen LogP contribution in [0.15, 0.2) is 0 Å². The molecule has 0 amide bonds. The van der Waals surface area contributed by atoms with E-state index in [0.717, 1.165) is 45.5 Å². The molecule has 2 fully saturated rings. The largest absolute Gasteiger partial charge is 0.468 e. The summed E-state index contributed by atoms with van der Waals surface area (Å²) in [6.45, 7) is 8.08. The molecule has 2 aliphatic rings. The summed E-state index contributed by atoms with van der Waals surface area (Å²) < 4.78 is 10.5. The van der Waals surface area contributed by atoms with Crippen molar-refractivity contribution in [2.75, 3.05) is 33.4 Å². The molecule has 5 heteroatoms. The highest BCUT2D eigenvalue weighted by Gasteiger charge is 2.38. The van der Waals surface area contributed by atoms with E-state index in [2.05, 4.69) is 17.1 Å². The van der Waals surface area contributed by atoms with Gasteiger partial charge in [0.1, 0.15) is 5.54 Å². The number of rotatable bonds is 8. The van der Waals surface area contributed by atoms with Gasteiger partial charge in [-0.25, -0.2) is 0 Å². The van der Waals surface area contributed by atoms with Crippen molar-refractivity contribution in [3.63, 3.8) is 0 Å². The first-order chi connectivity index (χ1) is 10.0. The minimum absolute atomic E-state index is 0.130. The first-order valence-corrected chi connectivity index (χ1v) is 8.23. The summed E-state index contributed by atoms with van der Waals surface area (Å²) in [4.78, 5) is 14.5. The number of ether oxygens (including phenoxy) is 2. The minimum Gasteiger partial charge on any atom is -0.468 e.